The van der Waals surface area contributed by atoms with Gasteiger partial charge in [0.1, 0.15) is 3.70 Å². The molecule has 1 saturated heterocycles. The van der Waals surface area contributed by atoms with Crippen molar-refractivity contribution in [1.29, 1.82) is 0 Å². The van der Waals surface area contributed by atoms with Crippen molar-refractivity contribution in [3.63, 3.8) is 0 Å². The summed E-state index contributed by atoms with van der Waals surface area (Å²) < 4.78 is 8.44. The highest BCUT2D eigenvalue weighted by atomic mass is 127. The summed E-state index contributed by atoms with van der Waals surface area (Å²) in [5.41, 5.74) is 1.57. The summed E-state index contributed by atoms with van der Waals surface area (Å²) in [6.07, 6.45) is 3.96. The van der Waals surface area contributed by atoms with Gasteiger partial charge in [-0.3, -0.25) is 0 Å². The molecule has 19 heavy (non-hydrogen) atoms. The number of nitrogens with one attached hydrogen (secondary N) is 1. The van der Waals surface area contributed by atoms with Crippen LogP contribution < -0.4 is 5.32 Å². The van der Waals surface area contributed by atoms with Gasteiger partial charge in [0, 0.05) is 19.2 Å². The molecule has 1 N–H and O–H groups in total. The van der Waals surface area contributed by atoms with E-state index in [-0.39, 0.29) is 5.60 Å². The Kier molecular flexibility index (Phi) is 3.57. The summed E-state index contributed by atoms with van der Waals surface area (Å²) in [6.45, 7) is 3.71. The molecule has 0 amide bonds. The van der Waals surface area contributed by atoms with E-state index in [2.05, 4.69) is 44.9 Å². The van der Waals surface area contributed by atoms with Crippen LogP contribution in [0.25, 0.3) is 5.65 Å². The molecule has 5 nitrogen and oxygen atoms in total. The van der Waals surface area contributed by atoms with Crippen LogP contribution in [-0.4, -0.2) is 33.4 Å². The fourth-order valence-corrected chi connectivity index (χ4v) is 2.96. The minimum atomic E-state index is -0.105. The Hall–Kier alpha value is -0.600. The van der Waals surface area contributed by atoms with Gasteiger partial charge in [0.05, 0.1) is 17.5 Å². The lowest BCUT2D eigenvalue weighted by molar-refractivity contribution is 0.0315. The van der Waals surface area contributed by atoms with Gasteiger partial charge in [-0.05, 0) is 42.4 Å². The topological polar surface area (TPSA) is 51.5 Å². The minimum Gasteiger partial charge on any atom is -0.379 e. The summed E-state index contributed by atoms with van der Waals surface area (Å²) in [5.74, 6) is 0. The van der Waals surface area contributed by atoms with Crippen molar-refractivity contribution in [3.05, 3.63) is 21.1 Å². The minimum absolute atomic E-state index is 0.105. The maximum absolute atomic E-state index is 6.05. The number of nitrogens with zero attached hydrogens (tertiary/aromatic N) is 3. The molecule has 102 valence electrons. The third-order valence-corrected chi connectivity index (χ3v) is 4.27. The second-order valence-electron chi connectivity index (χ2n) is 4.95. The number of imidazole rings is 1. The maximum atomic E-state index is 6.05. The molecule has 0 bridgehead atoms. The van der Waals surface area contributed by atoms with E-state index in [4.69, 9.17) is 16.3 Å². The first-order valence-electron chi connectivity index (χ1n) is 6.15. The molecule has 1 aliphatic rings. The zero-order valence-corrected chi connectivity index (χ0v) is 13.4. The first kappa shape index (κ1) is 13.4. The Morgan fingerprint density at radius 1 is 1.63 bits per heavy atom. The van der Waals surface area contributed by atoms with Crippen molar-refractivity contribution in [2.24, 2.45) is 0 Å². The molecule has 1 fully saturated rings. The van der Waals surface area contributed by atoms with Crippen LogP contribution in [0.15, 0.2) is 12.3 Å². The van der Waals surface area contributed by atoms with Gasteiger partial charge in [-0.2, -0.15) is 5.10 Å². The van der Waals surface area contributed by atoms with Gasteiger partial charge in [0.25, 0.3) is 0 Å². The lowest BCUT2D eigenvalue weighted by Gasteiger charge is -2.24. The molecule has 3 heterocycles. The summed E-state index contributed by atoms with van der Waals surface area (Å²) in [6, 6.07) is 1.80. The van der Waals surface area contributed by atoms with E-state index >= 15 is 0 Å². The second-order valence-corrected chi connectivity index (χ2v) is 6.45. The highest BCUT2D eigenvalue weighted by molar-refractivity contribution is 14.1. The molecule has 1 aliphatic heterocycles. The van der Waals surface area contributed by atoms with Crippen LogP contribution in [0.5, 0.6) is 0 Å². The molecule has 1 unspecified atom stereocenters. The number of hydrogen-bond acceptors (Lipinski definition) is 4. The molecule has 0 spiro atoms. The fourth-order valence-electron chi connectivity index (χ4n) is 2.30. The van der Waals surface area contributed by atoms with Crippen LogP contribution in [-0.2, 0) is 4.74 Å². The number of hydrogen-bond donors (Lipinski definition) is 1. The molecule has 3 rings (SSSR count). The van der Waals surface area contributed by atoms with Gasteiger partial charge in [0.15, 0.2) is 10.8 Å². The lowest BCUT2D eigenvalue weighted by atomic mass is 10.0. The molecule has 2 aromatic rings. The predicted octanol–water partition coefficient (Wildman–Crippen LogP) is 2.97. The molecular weight excluding hydrogens is 379 g/mol. The van der Waals surface area contributed by atoms with E-state index in [9.17, 15) is 0 Å². The first-order valence-corrected chi connectivity index (χ1v) is 7.61. The van der Waals surface area contributed by atoms with E-state index in [0.29, 0.717) is 5.15 Å². The molecule has 0 saturated carbocycles. The van der Waals surface area contributed by atoms with E-state index in [1.54, 1.807) is 16.8 Å². The molecule has 0 aliphatic carbocycles. The van der Waals surface area contributed by atoms with Crippen LogP contribution in [0.3, 0.4) is 0 Å². The zero-order chi connectivity index (χ0) is 13.5. The fraction of sp³-hybridized carbons (Fsp3) is 0.500. The highest BCUT2D eigenvalue weighted by Crippen LogP contribution is 2.27. The largest absolute Gasteiger partial charge is 0.379 e. The predicted molar refractivity (Wildman–Crippen MR) is 82.8 cm³/mol. The Morgan fingerprint density at radius 2 is 2.47 bits per heavy atom. The van der Waals surface area contributed by atoms with Gasteiger partial charge in [-0.15, -0.1) is 0 Å². The van der Waals surface area contributed by atoms with Crippen molar-refractivity contribution in [1.82, 2.24) is 14.6 Å². The number of ether oxygens (including phenoxy) is 1. The summed E-state index contributed by atoms with van der Waals surface area (Å²) in [5, 5.41) is 8.07. The third-order valence-electron chi connectivity index (χ3n) is 3.35. The number of halogens is 2. The van der Waals surface area contributed by atoms with E-state index in [1.165, 1.54) is 0 Å². The standard InChI is InChI=1S/C12H14ClIN4O/c1-12(3-2-4-19-12)7-16-8-5-9(13)17-18-10(14)6-15-11(8)18/h5-6,16H,2-4,7H2,1H3. The maximum Gasteiger partial charge on any atom is 0.178 e. The van der Waals surface area contributed by atoms with Gasteiger partial charge in [-0.1, -0.05) is 11.6 Å². The number of fused-ring (bicyclic) bond motifs is 1. The lowest BCUT2D eigenvalue weighted by Crippen LogP contribution is -2.32. The Labute approximate surface area is 129 Å². The molecular formula is C12H14ClIN4O. The second kappa shape index (κ2) is 5.06. The van der Waals surface area contributed by atoms with Crippen molar-refractivity contribution in [2.75, 3.05) is 18.5 Å². The average molecular weight is 393 g/mol. The Morgan fingerprint density at radius 3 is 3.21 bits per heavy atom. The molecule has 0 radical (unpaired) electrons. The van der Waals surface area contributed by atoms with Gasteiger partial charge < -0.3 is 10.1 Å². The smallest absolute Gasteiger partial charge is 0.178 e. The third kappa shape index (κ3) is 2.66. The number of rotatable bonds is 3. The van der Waals surface area contributed by atoms with Crippen molar-refractivity contribution >= 4 is 45.5 Å². The van der Waals surface area contributed by atoms with Crippen LogP contribution in [0.1, 0.15) is 19.8 Å². The Bertz CT molecular complexity index is 609. The average Bonchev–Trinajstić information content (AvgIpc) is 2.95. The van der Waals surface area contributed by atoms with Crippen LogP contribution >= 0.6 is 34.2 Å². The SMILES string of the molecule is CC1(CNc2cc(Cl)nn3c(I)cnc23)CCCO1. The quantitative estimate of drug-likeness (QED) is 0.816. The van der Waals surface area contributed by atoms with E-state index < -0.39 is 0 Å². The van der Waals surface area contributed by atoms with E-state index in [1.807, 2.05) is 0 Å². The van der Waals surface area contributed by atoms with Crippen LogP contribution in [0.4, 0.5) is 5.69 Å². The van der Waals surface area contributed by atoms with Crippen LogP contribution in [0.2, 0.25) is 5.15 Å². The molecule has 0 aromatic carbocycles. The molecule has 7 heteroatoms. The zero-order valence-electron chi connectivity index (χ0n) is 10.5. The first-order chi connectivity index (χ1) is 9.07. The van der Waals surface area contributed by atoms with Gasteiger partial charge >= 0.3 is 0 Å². The normalized spacial score (nSPS) is 23.1. The van der Waals surface area contributed by atoms with Crippen LogP contribution in [0, 0.1) is 3.70 Å². The number of anilines is 1. The summed E-state index contributed by atoms with van der Waals surface area (Å²) in [7, 11) is 0. The highest BCUT2D eigenvalue weighted by Gasteiger charge is 2.29. The monoisotopic (exact) mass is 392 g/mol. The summed E-state index contributed by atoms with van der Waals surface area (Å²) >= 11 is 8.23. The Balaban J connectivity index is 1.88. The molecule has 1 atom stereocenters. The summed E-state index contributed by atoms with van der Waals surface area (Å²) in [4.78, 5) is 4.36. The van der Waals surface area contributed by atoms with Crippen molar-refractivity contribution in [3.8, 4) is 0 Å². The number of aromatic nitrogens is 3. The van der Waals surface area contributed by atoms with E-state index in [0.717, 1.165) is 41.0 Å². The van der Waals surface area contributed by atoms with Crippen molar-refractivity contribution in [2.45, 2.75) is 25.4 Å². The van der Waals surface area contributed by atoms with Crippen molar-refractivity contribution < 1.29 is 4.74 Å². The van der Waals surface area contributed by atoms with Gasteiger partial charge in [0.2, 0.25) is 0 Å². The molecule has 2 aromatic heterocycles. The van der Waals surface area contributed by atoms with Gasteiger partial charge in [-0.25, -0.2) is 9.50 Å².